The summed E-state index contributed by atoms with van der Waals surface area (Å²) in [6.07, 6.45) is 3.52. The standard InChI is InChI=1S/C12H16N4/c1-8(13)12-9(2)15-16(10(12)3)11-4-6-14-7-5-11/h4-8H,13H2,1-3H3. The second kappa shape index (κ2) is 4.06. The van der Waals surface area contributed by atoms with Crippen molar-refractivity contribution in [3.05, 3.63) is 41.5 Å². The summed E-state index contributed by atoms with van der Waals surface area (Å²) in [5, 5.41) is 4.51. The highest BCUT2D eigenvalue weighted by atomic mass is 15.3. The van der Waals surface area contributed by atoms with Gasteiger partial charge < -0.3 is 5.73 Å². The van der Waals surface area contributed by atoms with Gasteiger partial charge in [-0.05, 0) is 32.9 Å². The Morgan fingerprint density at radius 3 is 2.38 bits per heavy atom. The van der Waals surface area contributed by atoms with E-state index in [1.54, 1.807) is 12.4 Å². The van der Waals surface area contributed by atoms with E-state index < -0.39 is 0 Å². The largest absolute Gasteiger partial charge is 0.324 e. The van der Waals surface area contributed by atoms with Crippen molar-refractivity contribution >= 4 is 0 Å². The Morgan fingerprint density at radius 1 is 1.25 bits per heavy atom. The molecule has 0 saturated heterocycles. The van der Waals surface area contributed by atoms with Crippen molar-refractivity contribution in [2.75, 3.05) is 0 Å². The highest BCUT2D eigenvalue weighted by molar-refractivity contribution is 5.36. The molecule has 0 aliphatic carbocycles. The van der Waals surface area contributed by atoms with Crippen molar-refractivity contribution < 1.29 is 0 Å². The quantitative estimate of drug-likeness (QED) is 0.834. The predicted molar refractivity (Wildman–Crippen MR) is 63.4 cm³/mol. The fourth-order valence-corrected chi connectivity index (χ4v) is 2.05. The molecule has 0 spiro atoms. The summed E-state index contributed by atoms with van der Waals surface area (Å²) in [6, 6.07) is 3.88. The van der Waals surface area contributed by atoms with Gasteiger partial charge in [-0.3, -0.25) is 4.98 Å². The van der Waals surface area contributed by atoms with Crippen molar-refractivity contribution in [2.45, 2.75) is 26.8 Å². The van der Waals surface area contributed by atoms with Gasteiger partial charge in [-0.2, -0.15) is 5.10 Å². The van der Waals surface area contributed by atoms with Crippen LogP contribution in [0.4, 0.5) is 0 Å². The van der Waals surface area contributed by atoms with E-state index in [9.17, 15) is 0 Å². The maximum Gasteiger partial charge on any atom is 0.0679 e. The Kier molecular flexibility index (Phi) is 2.75. The fourth-order valence-electron chi connectivity index (χ4n) is 2.05. The molecule has 0 radical (unpaired) electrons. The maximum atomic E-state index is 5.94. The molecule has 2 aromatic heterocycles. The van der Waals surface area contributed by atoms with Crippen LogP contribution in [0.1, 0.15) is 29.9 Å². The molecule has 4 heteroatoms. The summed E-state index contributed by atoms with van der Waals surface area (Å²) in [5.41, 5.74) is 10.2. The molecular formula is C12H16N4. The number of pyridine rings is 1. The normalized spacial score (nSPS) is 12.8. The molecule has 0 aliphatic heterocycles. The summed E-state index contributed by atoms with van der Waals surface area (Å²) in [7, 11) is 0. The maximum absolute atomic E-state index is 5.94. The number of hydrogen-bond acceptors (Lipinski definition) is 3. The minimum atomic E-state index is 0.00980. The Bertz CT molecular complexity index is 485. The minimum Gasteiger partial charge on any atom is -0.324 e. The van der Waals surface area contributed by atoms with Crippen LogP contribution in [-0.4, -0.2) is 14.8 Å². The average molecular weight is 216 g/mol. The smallest absolute Gasteiger partial charge is 0.0679 e. The van der Waals surface area contributed by atoms with Gasteiger partial charge in [-0.25, -0.2) is 4.68 Å². The van der Waals surface area contributed by atoms with E-state index in [1.807, 2.05) is 37.6 Å². The van der Waals surface area contributed by atoms with Crippen molar-refractivity contribution in [1.82, 2.24) is 14.8 Å². The van der Waals surface area contributed by atoms with E-state index in [0.717, 1.165) is 22.6 Å². The van der Waals surface area contributed by atoms with Gasteiger partial charge >= 0.3 is 0 Å². The molecule has 0 aromatic carbocycles. The lowest BCUT2D eigenvalue weighted by Crippen LogP contribution is -2.07. The molecule has 0 amide bonds. The molecule has 84 valence electrons. The molecule has 1 atom stereocenters. The van der Waals surface area contributed by atoms with Crippen molar-refractivity contribution in [1.29, 1.82) is 0 Å². The van der Waals surface area contributed by atoms with Crippen LogP contribution >= 0.6 is 0 Å². The van der Waals surface area contributed by atoms with Crippen LogP contribution in [0.3, 0.4) is 0 Å². The Labute approximate surface area is 95.1 Å². The van der Waals surface area contributed by atoms with Gasteiger partial charge in [0.15, 0.2) is 0 Å². The SMILES string of the molecule is Cc1nn(-c2ccncc2)c(C)c1C(C)N. The van der Waals surface area contributed by atoms with E-state index in [1.165, 1.54) is 0 Å². The lowest BCUT2D eigenvalue weighted by atomic mass is 10.1. The first-order valence-electron chi connectivity index (χ1n) is 5.33. The third-order valence-corrected chi connectivity index (χ3v) is 2.71. The van der Waals surface area contributed by atoms with Gasteiger partial charge in [-0.1, -0.05) is 0 Å². The van der Waals surface area contributed by atoms with Gasteiger partial charge in [0.1, 0.15) is 0 Å². The third kappa shape index (κ3) is 1.72. The van der Waals surface area contributed by atoms with Crippen molar-refractivity contribution in [2.24, 2.45) is 5.73 Å². The van der Waals surface area contributed by atoms with Gasteiger partial charge in [0, 0.05) is 29.7 Å². The van der Waals surface area contributed by atoms with E-state index in [2.05, 4.69) is 10.1 Å². The van der Waals surface area contributed by atoms with Crippen LogP contribution in [0.2, 0.25) is 0 Å². The summed E-state index contributed by atoms with van der Waals surface area (Å²) >= 11 is 0. The van der Waals surface area contributed by atoms with Gasteiger partial charge in [0.2, 0.25) is 0 Å². The summed E-state index contributed by atoms with van der Waals surface area (Å²) in [5.74, 6) is 0. The number of hydrogen-bond donors (Lipinski definition) is 1. The fraction of sp³-hybridized carbons (Fsp3) is 0.333. The lowest BCUT2D eigenvalue weighted by molar-refractivity contribution is 0.795. The highest BCUT2D eigenvalue weighted by Crippen LogP contribution is 2.21. The first-order chi connectivity index (χ1) is 7.61. The van der Waals surface area contributed by atoms with Crippen LogP contribution in [0, 0.1) is 13.8 Å². The Morgan fingerprint density at radius 2 is 1.88 bits per heavy atom. The third-order valence-electron chi connectivity index (χ3n) is 2.71. The number of nitrogens with two attached hydrogens (primary N) is 1. The zero-order chi connectivity index (χ0) is 11.7. The lowest BCUT2D eigenvalue weighted by Gasteiger charge is -2.07. The zero-order valence-electron chi connectivity index (χ0n) is 9.81. The van der Waals surface area contributed by atoms with Gasteiger partial charge in [0.05, 0.1) is 11.4 Å². The number of rotatable bonds is 2. The molecule has 2 N–H and O–H groups in total. The molecule has 2 aromatic rings. The average Bonchev–Trinajstić information content (AvgIpc) is 2.55. The van der Waals surface area contributed by atoms with Crippen molar-refractivity contribution in [3.63, 3.8) is 0 Å². The van der Waals surface area contributed by atoms with E-state index in [0.29, 0.717) is 0 Å². The summed E-state index contributed by atoms with van der Waals surface area (Å²) in [6.45, 7) is 6.01. The molecule has 2 rings (SSSR count). The minimum absolute atomic E-state index is 0.00980. The van der Waals surface area contributed by atoms with Crippen LogP contribution in [0.5, 0.6) is 0 Å². The van der Waals surface area contributed by atoms with E-state index in [-0.39, 0.29) is 6.04 Å². The van der Waals surface area contributed by atoms with Crippen LogP contribution in [0.25, 0.3) is 5.69 Å². The molecule has 0 fully saturated rings. The first-order valence-corrected chi connectivity index (χ1v) is 5.33. The predicted octanol–water partition coefficient (Wildman–Crippen LogP) is 1.90. The Hall–Kier alpha value is -1.68. The second-order valence-electron chi connectivity index (χ2n) is 3.99. The molecule has 4 nitrogen and oxygen atoms in total. The van der Waals surface area contributed by atoms with Crippen LogP contribution < -0.4 is 5.73 Å². The molecule has 0 bridgehead atoms. The molecule has 2 heterocycles. The van der Waals surface area contributed by atoms with E-state index >= 15 is 0 Å². The molecule has 0 aliphatic rings. The monoisotopic (exact) mass is 216 g/mol. The molecular weight excluding hydrogens is 200 g/mol. The molecule has 0 saturated carbocycles. The van der Waals surface area contributed by atoms with E-state index in [4.69, 9.17) is 5.73 Å². The molecule has 1 unspecified atom stereocenters. The Balaban J connectivity index is 2.56. The second-order valence-corrected chi connectivity index (χ2v) is 3.99. The van der Waals surface area contributed by atoms with Crippen molar-refractivity contribution in [3.8, 4) is 5.69 Å². The summed E-state index contributed by atoms with van der Waals surface area (Å²) in [4.78, 5) is 4.00. The molecule has 16 heavy (non-hydrogen) atoms. The topological polar surface area (TPSA) is 56.7 Å². The summed E-state index contributed by atoms with van der Waals surface area (Å²) < 4.78 is 1.91. The van der Waals surface area contributed by atoms with Crippen LogP contribution in [-0.2, 0) is 0 Å². The van der Waals surface area contributed by atoms with Crippen LogP contribution in [0.15, 0.2) is 24.5 Å². The van der Waals surface area contributed by atoms with Gasteiger partial charge in [0.25, 0.3) is 0 Å². The number of aromatic nitrogens is 3. The zero-order valence-corrected chi connectivity index (χ0v) is 9.81. The van der Waals surface area contributed by atoms with Gasteiger partial charge in [-0.15, -0.1) is 0 Å². The first kappa shape index (κ1) is 10.8. The number of nitrogens with zero attached hydrogens (tertiary/aromatic N) is 3. The number of aryl methyl sites for hydroxylation is 1. The highest BCUT2D eigenvalue weighted by Gasteiger charge is 2.15.